The van der Waals surface area contributed by atoms with E-state index in [-0.39, 0.29) is 23.8 Å². The summed E-state index contributed by atoms with van der Waals surface area (Å²) in [4.78, 5) is 12.5. The lowest BCUT2D eigenvalue weighted by atomic mass is 9.48. The van der Waals surface area contributed by atoms with Crippen molar-refractivity contribution in [1.82, 2.24) is 5.32 Å². The Morgan fingerprint density at radius 3 is 2.38 bits per heavy atom. The zero-order valence-corrected chi connectivity index (χ0v) is 14.9. The summed E-state index contributed by atoms with van der Waals surface area (Å²) in [6, 6.07) is 4.72. The molecule has 4 heteroatoms. The van der Waals surface area contributed by atoms with E-state index in [9.17, 15) is 9.18 Å². The maximum atomic E-state index is 13.9. The number of carbonyl (C=O) groups excluding carboxylic acids is 1. The quantitative estimate of drug-likeness (QED) is 0.835. The molecule has 2 nitrogen and oxygen atoms in total. The van der Waals surface area contributed by atoms with E-state index in [2.05, 4.69) is 12.2 Å². The molecule has 1 aromatic carbocycles. The zero-order valence-electron chi connectivity index (χ0n) is 14.2. The van der Waals surface area contributed by atoms with Gasteiger partial charge in [-0.25, -0.2) is 4.39 Å². The van der Waals surface area contributed by atoms with Crippen LogP contribution in [0.15, 0.2) is 18.2 Å². The van der Waals surface area contributed by atoms with E-state index in [1.54, 1.807) is 12.1 Å². The number of hydrogen-bond donors (Lipinski definition) is 1. The number of halogens is 2. The summed E-state index contributed by atoms with van der Waals surface area (Å²) < 4.78 is 13.9. The van der Waals surface area contributed by atoms with Crippen molar-refractivity contribution < 1.29 is 9.18 Å². The number of benzene rings is 1. The van der Waals surface area contributed by atoms with Gasteiger partial charge >= 0.3 is 0 Å². The fourth-order valence-corrected chi connectivity index (χ4v) is 6.25. The van der Waals surface area contributed by atoms with E-state index in [4.69, 9.17) is 11.6 Å². The highest BCUT2D eigenvalue weighted by Gasteiger charge is 2.53. The van der Waals surface area contributed by atoms with Crippen LogP contribution in [0.1, 0.15) is 51.0 Å². The van der Waals surface area contributed by atoms with E-state index in [1.165, 1.54) is 44.6 Å². The summed E-state index contributed by atoms with van der Waals surface area (Å²) in [7, 11) is 0. The molecule has 0 saturated heterocycles. The van der Waals surface area contributed by atoms with Crippen molar-refractivity contribution in [2.45, 2.75) is 57.9 Å². The van der Waals surface area contributed by atoms with Gasteiger partial charge in [0.25, 0.3) is 0 Å². The van der Waals surface area contributed by atoms with Gasteiger partial charge < -0.3 is 5.32 Å². The summed E-state index contributed by atoms with van der Waals surface area (Å²) in [5.41, 5.74) is 0.568. The molecule has 1 amide bonds. The van der Waals surface area contributed by atoms with Gasteiger partial charge in [0.2, 0.25) is 5.91 Å². The van der Waals surface area contributed by atoms with Gasteiger partial charge in [-0.1, -0.05) is 17.7 Å². The van der Waals surface area contributed by atoms with Crippen molar-refractivity contribution in [1.29, 1.82) is 0 Å². The highest BCUT2D eigenvalue weighted by molar-refractivity contribution is 6.31. The molecule has 0 aliphatic heterocycles. The Morgan fingerprint density at radius 1 is 1.25 bits per heavy atom. The molecule has 4 fully saturated rings. The molecule has 0 heterocycles. The second-order valence-electron chi connectivity index (χ2n) is 8.45. The SMILES string of the molecule is C[C@H](NC(=O)Cc1c(F)cccc1Cl)C12CC3CC(CC(C3)C1)C2. The molecule has 1 atom stereocenters. The lowest BCUT2D eigenvalue weighted by Crippen LogP contribution is -2.56. The number of hydrogen-bond acceptors (Lipinski definition) is 1. The lowest BCUT2D eigenvalue weighted by Gasteiger charge is -2.59. The first-order chi connectivity index (χ1) is 11.4. The smallest absolute Gasteiger partial charge is 0.224 e. The van der Waals surface area contributed by atoms with Crippen molar-refractivity contribution in [2.24, 2.45) is 23.2 Å². The maximum absolute atomic E-state index is 13.9. The summed E-state index contributed by atoms with van der Waals surface area (Å²) in [5.74, 6) is 2.05. The normalized spacial score (nSPS) is 35.0. The predicted molar refractivity (Wildman–Crippen MR) is 93.3 cm³/mol. The number of carbonyl (C=O) groups is 1. The van der Waals surface area contributed by atoms with Crippen LogP contribution in [0, 0.1) is 29.0 Å². The van der Waals surface area contributed by atoms with Gasteiger partial charge in [0.15, 0.2) is 0 Å². The molecule has 0 spiro atoms. The average Bonchev–Trinajstić information content (AvgIpc) is 2.49. The molecule has 4 aliphatic carbocycles. The Bertz CT molecular complexity index is 604. The first-order valence-corrected chi connectivity index (χ1v) is 9.55. The van der Waals surface area contributed by atoms with Crippen LogP contribution >= 0.6 is 11.6 Å². The van der Waals surface area contributed by atoms with Crippen molar-refractivity contribution in [3.63, 3.8) is 0 Å². The average molecular weight is 350 g/mol. The molecule has 130 valence electrons. The van der Waals surface area contributed by atoms with Crippen LogP contribution < -0.4 is 5.32 Å². The van der Waals surface area contributed by atoms with E-state index in [0.29, 0.717) is 10.6 Å². The fraction of sp³-hybridized carbons (Fsp3) is 0.650. The summed E-state index contributed by atoms with van der Waals surface area (Å²) >= 11 is 6.05. The Balaban J connectivity index is 1.44. The Morgan fingerprint density at radius 2 is 1.83 bits per heavy atom. The van der Waals surface area contributed by atoms with Gasteiger partial charge in [0.05, 0.1) is 6.42 Å². The first-order valence-electron chi connectivity index (χ1n) is 9.17. The number of rotatable bonds is 4. The largest absolute Gasteiger partial charge is 0.353 e. The maximum Gasteiger partial charge on any atom is 0.224 e. The van der Waals surface area contributed by atoms with Crippen molar-refractivity contribution >= 4 is 17.5 Å². The second-order valence-corrected chi connectivity index (χ2v) is 8.85. The molecule has 4 saturated carbocycles. The van der Waals surface area contributed by atoms with Gasteiger partial charge in [-0.05, 0) is 80.8 Å². The van der Waals surface area contributed by atoms with Crippen LogP contribution in [0.3, 0.4) is 0 Å². The van der Waals surface area contributed by atoms with Crippen LogP contribution in [0.25, 0.3) is 0 Å². The monoisotopic (exact) mass is 349 g/mol. The van der Waals surface area contributed by atoms with Gasteiger partial charge in [-0.15, -0.1) is 0 Å². The minimum Gasteiger partial charge on any atom is -0.353 e. The van der Waals surface area contributed by atoms with Crippen molar-refractivity contribution in [2.75, 3.05) is 0 Å². The highest BCUT2D eigenvalue weighted by atomic mass is 35.5. The second kappa shape index (κ2) is 6.01. The molecular weight excluding hydrogens is 325 g/mol. The van der Waals surface area contributed by atoms with Crippen LogP contribution in [-0.2, 0) is 11.2 Å². The van der Waals surface area contributed by atoms with Gasteiger partial charge in [0, 0.05) is 16.6 Å². The molecule has 0 aromatic heterocycles. The van der Waals surface area contributed by atoms with E-state index in [1.807, 2.05) is 0 Å². The third-order valence-corrected chi connectivity index (χ3v) is 7.13. The van der Waals surface area contributed by atoms with Crippen LogP contribution in [-0.4, -0.2) is 11.9 Å². The first kappa shape index (κ1) is 16.4. The highest BCUT2D eigenvalue weighted by Crippen LogP contribution is 2.61. The standard InChI is InChI=1S/C20H25ClFNO/c1-12(20-9-13-5-14(10-20)7-15(6-13)11-20)23-19(24)8-16-17(21)3-2-4-18(16)22/h2-4,12-15H,5-11H2,1H3,(H,23,24)/t12-,13?,14?,15?,20?/m0/s1. The van der Waals surface area contributed by atoms with Gasteiger partial charge in [0.1, 0.15) is 5.82 Å². The van der Waals surface area contributed by atoms with Crippen molar-refractivity contribution in [3.8, 4) is 0 Å². The molecule has 5 rings (SSSR count). The molecule has 4 aliphatic rings. The van der Waals surface area contributed by atoms with E-state index in [0.717, 1.165) is 17.8 Å². The van der Waals surface area contributed by atoms with Crippen LogP contribution in [0.2, 0.25) is 5.02 Å². The topological polar surface area (TPSA) is 29.1 Å². The molecule has 0 unspecified atom stereocenters. The molecule has 1 aromatic rings. The summed E-state index contributed by atoms with van der Waals surface area (Å²) in [5, 5.41) is 3.50. The Hall–Kier alpha value is -1.09. The molecule has 1 N–H and O–H groups in total. The van der Waals surface area contributed by atoms with Crippen LogP contribution in [0.4, 0.5) is 4.39 Å². The van der Waals surface area contributed by atoms with E-state index < -0.39 is 5.82 Å². The minimum absolute atomic E-state index is 0.0161. The third-order valence-electron chi connectivity index (χ3n) is 6.78. The molecule has 0 radical (unpaired) electrons. The Labute approximate surface area is 148 Å². The number of nitrogens with one attached hydrogen (secondary N) is 1. The summed E-state index contributed by atoms with van der Waals surface area (Å²) in [6.07, 6.45) is 7.95. The third kappa shape index (κ3) is 2.85. The fourth-order valence-electron chi connectivity index (χ4n) is 6.02. The molecule has 24 heavy (non-hydrogen) atoms. The molecular formula is C20H25ClFNO. The van der Waals surface area contributed by atoms with Gasteiger partial charge in [-0.2, -0.15) is 0 Å². The minimum atomic E-state index is -0.403. The number of amides is 1. The summed E-state index contributed by atoms with van der Waals surface area (Å²) in [6.45, 7) is 2.15. The van der Waals surface area contributed by atoms with E-state index >= 15 is 0 Å². The Kier molecular flexibility index (Phi) is 4.11. The van der Waals surface area contributed by atoms with Crippen molar-refractivity contribution in [3.05, 3.63) is 34.6 Å². The van der Waals surface area contributed by atoms with Crippen LogP contribution in [0.5, 0.6) is 0 Å². The predicted octanol–water partition coefficient (Wildman–Crippen LogP) is 4.74. The lowest BCUT2D eigenvalue weighted by molar-refractivity contribution is -0.125. The molecule has 4 bridgehead atoms. The zero-order chi connectivity index (χ0) is 16.9. The van der Waals surface area contributed by atoms with Gasteiger partial charge in [-0.3, -0.25) is 4.79 Å².